The molecule has 1 unspecified atom stereocenters. The monoisotopic (exact) mass is 295 g/mol. The van der Waals surface area contributed by atoms with Gasteiger partial charge in [-0.25, -0.2) is 4.79 Å². The molecule has 1 aromatic carbocycles. The maximum Gasteiger partial charge on any atom is 0.330 e. The summed E-state index contributed by atoms with van der Waals surface area (Å²) in [4.78, 5) is 22.9. The van der Waals surface area contributed by atoms with Crippen molar-refractivity contribution >= 4 is 11.9 Å². The summed E-state index contributed by atoms with van der Waals surface area (Å²) in [7, 11) is 1.20. The summed E-state index contributed by atoms with van der Waals surface area (Å²) in [5, 5.41) is 11.4. The van der Waals surface area contributed by atoms with Crippen molar-refractivity contribution < 1.29 is 24.2 Å². The minimum absolute atomic E-state index is 0.0842. The zero-order valence-electron chi connectivity index (χ0n) is 12.5. The number of carbonyl (C=O) groups excluding carboxylic acids is 2. The van der Waals surface area contributed by atoms with Gasteiger partial charge in [0.15, 0.2) is 6.04 Å². The van der Waals surface area contributed by atoms with Crippen molar-refractivity contribution in [2.75, 3.05) is 20.3 Å². The molecule has 1 amide bonds. The van der Waals surface area contributed by atoms with Crippen molar-refractivity contribution in [2.45, 2.75) is 26.3 Å². The highest BCUT2D eigenvalue weighted by Gasteiger charge is 2.20. The zero-order chi connectivity index (χ0) is 15.8. The number of hydrogen-bond donors (Lipinski definition) is 2. The maximum absolute atomic E-state index is 11.7. The number of hydrogen-bond acceptors (Lipinski definition) is 5. The highest BCUT2D eigenvalue weighted by atomic mass is 16.5. The van der Waals surface area contributed by atoms with E-state index in [1.165, 1.54) is 7.11 Å². The molecule has 116 valence electrons. The summed E-state index contributed by atoms with van der Waals surface area (Å²) in [6.45, 7) is 3.62. The van der Waals surface area contributed by atoms with Crippen molar-refractivity contribution in [1.29, 1.82) is 0 Å². The van der Waals surface area contributed by atoms with Crippen LogP contribution >= 0.6 is 0 Å². The molecule has 6 nitrogen and oxygen atoms in total. The van der Waals surface area contributed by atoms with Crippen LogP contribution in [0.15, 0.2) is 18.2 Å². The van der Waals surface area contributed by atoms with E-state index in [9.17, 15) is 9.59 Å². The number of aryl methyl sites for hydroxylation is 1. The van der Waals surface area contributed by atoms with E-state index in [2.05, 4.69) is 10.1 Å². The Kier molecular flexibility index (Phi) is 6.68. The van der Waals surface area contributed by atoms with Crippen LogP contribution in [-0.4, -0.2) is 43.3 Å². The number of ether oxygens (including phenoxy) is 2. The van der Waals surface area contributed by atoms with Crippen LogP contribution in [0.1, 0.15) is 17.5 Å². The lowest BCUT2D eigenvalue weighted by atomic mass is 10.1. The first-order chi connectivity index (χ1) is 9.99. The summed E-state index contributed by atoms with van der Waals surface area (Å²) in [5.74, 6) is -0.333. The molecule has 0 spiro atoms. The molecule has 2 N–H and O–H groups in total. The van der Waals surface area contributed by atoms with Gasteiger partial charge in [0.2, 0.25) is 5.91 Å². The lowest BCUT2D eigenvalue weighted by molar-refractivity contribution is -0.146. The first-order valence-electron chi connectivity index (χ1n) is 6.66. The van der Waals surface area contributed by atoms with Crippen LogP contribution in [0.5, 0.6) is 5.75 Å². The van der Waals surface area contributed by atoms with Gasteiger partial charge in [-0.2, -0.15) is 0 Å². The molecule has 0 radical (unpaired) electrons. The fourth-order valence-corrected chi connectivity index (χ4v) is 1.72. The van der Waals surface area contributed by atoms with Gasteiger partial charge in [-0.05, 0) is 31.0 Å². The summed E-state index contributed by atoms with van der Waals surface area (Å²) < 4.78 is 10.0. The molecule has 0 aliphatic rings. The van der Waals surface area contributed by atoms with Crippen LogP contribution in [0.4, 0.5) is 0 Å². The summed E-state index contributed by atoms with van der Waals surface area (Å²) >= 11 is 0. The van der Waals surface area contributed by atoms with Crippen LogP contribution in [0.3, 0.4) is 0 Å². The first kappa shape index (κ1) is 17.0. The minimum atomic E-state index is -1.04. The van der Waals surface area contributed by atoms with Crippen LogP contribution < -0.4 is 10.1 Å². The smallest absolute Gasteiger partial charge is 0.330 e. The van der Waals surface area contributed by atoms with Gasteiger partial charge < -0.3 is 19.9 Å². The number of nitrogens with one attached hydrogen (secondary N) is 1. The largest absolute Gasteiger partial charge is 0.493 e. The predicted molar refractivity (Wildman–Crippen MR) is 77.1 cm³/mol. The van der Waals surface area contributed by atoms with Gasteiger partial charge in [0.1, 0.15) is 5.75 Å². The number of rotatable bonds is 7. The van der Waals surface area contributed by atoms with Crippen molar-refractivity contribution in [3.05, 3.63) is 29.3 Å². The average Bonchev–Trinajstić information content (AvgIpc) is 2.48. The van der Waals surface area contributed by atoms with Crippen LogP contribution in [0.25, 0.3) is 0 Å². The average molecular weight is 295 g/mol. The number of esters is 1. The summed E-state index contributed by atoms with van der Waals surface area (Å²) in [5.41, 5.74) is 2.14. The van der Waals surface area contributed by atoms with E-state index in [0.717, 1.165) is 16.9 Å². The quantitative estimate of drug-likeness (QED) is 0.724. The van der Waals surface area contributed by atoms with E-state index in [1.807, 2.05) is 32.0 Å². The zero-order valence-corrected chi connectivity index (χ0v) is 12.5. The second-order valence-electron chi connectivity index (χ2n) is 4.62. The molecule has 0 saturated heterocycles. The fraction of sp³-hybridized carbons (Fsp3) is 0.467. The van der Waals surface area contributed by atoms with E-state index in [4.69, 9.17) is 9.84 Å². The molecular formula is C15H21NO5. The van der Waals surface area contributed by atoms with Gasteiger partial charge in [0.25, 0.3) is 0 Å². The number of methoxy groups -OCH3 is 1. The lowest BCUT2D eigenvalue weighted by Gasteiger charge is -2.14. The molecule has 21 heavy (non-hydrogen) atoms. The normalized spacial score (nSPS) is 11.6. The highest BCUT2D eigenvalue weighted by molar-refractivity contribution is 5.84. The first-order valence-corrected chi connectivity index (χ1v) is 6.66. The number of benzene rings is 1. The SMILES string of the molecule is COC(=O)C(CO)NC(=O)CCOc1cccc(C)c1C. The van der Waals surface area contributed by atoms with E-state index in [1.54, 1.807) is 0 Å². The molecule has 0 aromatic heterocycles. The lowest BCUT2D eigenvalue weighted by Crippen LogP contribution is -2.44. The van der Waals surface area contributed by atoms with Crippen LogP contribution in [0.2, 0.25) is 0 Å². The van der Waals surface area contributed by atoms with Crippen LogP contribution in [-0.2, 0) is 14.3 Å². The topological polar surface area (TPSA) is 84.9 Å². The second-order valence-corrected chi connectivity index (χ2v) is 4.62. The Morgan fingerprint density at radius 2 is 2.05 bits per heavy atom. The van der Waals surface area contributed by atoms with Gasteiger partial charge in [0.05, 0.1) is 26.7 Å². The Bertz CT molecular complexity index is 501. The summed E-state index contributed by atoms with van der Waals surface area (Å²) in [6.07, 6.45) is 0.0842. The number of amides is 1. The Balaban J connectivity index is 2.43. The molecule has 0 aliphatic heterocycles. The van der Waals surface area contributed by atoms with E-state index in [0.29, 0.717) is 0 Å². The Morgan fingerprint density at radius 3 is 2.67 bits per heavy atom. The van der Waals surface area contributed by atoms with Gasteiger partial charge in [-0.3, -0.25) is 4.79 Å². The Hall–Kier alpha value is -2.08. The van der Waals surface area contributed by atoms with Crippen molar-refractivity contribution in [1.82, 2.24) is 5.32 Å². The molecule has 1 aromatic rings. The van der Waals surface area contributed by atoms with Crippen molar-refractivity contribution in [3.63, 3.8) is 0 Å². The van der Waals surface area contributed by atoms with Gasteiger partial charge >= 0.3 is 5.97 Å². The van der Waals surface area contributed by atoms with Crippen molar-refractivity contribution in [2.24, 2.45) is 0 Å². The third kappa shape index (κ3) is 5.07. The maximum atomic E-state index is 11.7. The predicted octanol–water partition coefficient (Wildman–Crippen LogP) is 0.722. The number of aliphatic hydroxyl groups is 1. The molecule has 0 fully saturated rings. The van der Waals surface area contributed by atoms with E-state index >= 15 is 0 Å². The Labute approximate surface area is 124 Å². The number of carbonyl (C=O) groups is 2. The van der Waals surface area contributed by atoms with Gasteiger partial charge in [-0.15, -0.1) is 0 Å². The fourth-order valence-electron chi connectivity index (χ4n) is 1.72. The Morgan fingerprint density at radius 1 is 1.33 bits per heavy atom. The molecule has 1 rings (SSSR count). The molecular weight excluding hydrogens is 274 g/mol. The standard InChI is InChI=1S/C15H21NO5/c1-10-5-4-6-13(11(10)2)21-8-7-14(18)16-12(9-17)15(19)20-3/h4-6,12,17H,7-9H2,1-3H3,(H,16,18). The highest BCUT2D eigenvalue weighted by Crippen LogP contribution is 2.20. The summed E-state index contributed by atoms with van der Waals surface area (Å²) in [6, 6.07) is 4.67. The molecule has 0 saturated carbocycles. The van der Waals surface area contributed by atoms with Gasteiger partial charge in [-0.1, -0.05) is 12.1 Å². The van der Waals surface area contributed by atoms with Crippen molar-refractivity contribution in [3.8, 4) is 5.75 Å². The van der Waals surface area contributed by atoms with Gasteiger partial charge in [0, 0.05) is 0 Å². The third-order valence-corrected chi connectivity index (χ3v) is 3.15. The molecule has 0 heterocycles. The molecule has 0 aliphatic carbocycles. The van der Waals surface area contributed by atoms with Crippen LogP contribution in [0, 0.1) is 13.8 Å². The third-order valence-electron chi connectivity index (χ3n) is 3.15. The molecule has 0 bridgehead atoms. The van der Waals surface area contributed by atoms with E-state index < -0.39 is 18.6 Å². The number of aliphatic hydroxyl groups excluding tert-OH is 1. The van der Waals surface area contributed by atoms with E-state index in [-0.39, 0.29) is 18.9 Å². The second kappa shape index (κ2) is 8.26. The molecule has 1 atom stereocenters. The molecule has 6 heteroatoms. The minimum Gasteiger partial charge on any atom is -0.493 e.